The molecule has 3 aromatic carbocycles. The third-order valence-corrected chi connectivity index (χ3v) is 5.69. The lowest BCUT2D eigenvalue weighted by Gasteiger charge is -2.26. The van der Waals surface area contributed by atoms with Crippen LogP contribution in [0.1, 0.15) is 39.4 Å². The molecule has 0 aromatic heterocycles. The minimum atomic E-state index is -2.98. The van der Waals surface area contributed by atoms with E-state index in [-0.39, 0.29) is 35.2 Å². The molecule has 0 fully saturated rings. The number of benzene rings is 3. The number of Topliss-reactive ketones (excluding diaryl/α,β-unsaturated/α-hetero) is 1. The molecule has 0 N–H and O–H groups in total. The molecule has 0 amide bonds. The molecule has 0 radical (unpaired) electrons. The largest absolute Gasteiger partial charge is 0.496 e. The van der Waals surface area contributed by atoms with E-state index in [2.05, 4.69) is 4.74 Å². The van der Waals surface area contributed by atoms with E-state index in [1.807, 2.05) is 12.1 Å². The second-order valence-electron chi connectivity index (χ2n) is 7.72. The first kappa shape index (κ1) is 21.6. The van der Waals surface area contributed by atoms with Gasteiger partial charge in [0.25, 0.3) is 0 Å². The van der Waals surface area contributed by atoms with Gasteiger partial charge in [0.1, 0.15) is 23.0 Å². The first-order valence-electron chi connectivity index (χ1n) is 10.4. The number of hydrogen-bond donors (Lipinski definition) is 0. The number of ether oxygens (including phenoxy) is 4. The number of methoxy groups -OCH3 is 1. The number of carbonyl (C=O) groups excluding carboxylic acids is 2. The maximum absolute atomic E-state index is 13.1. The predicted octanol–water partition coefficient (Wildman–Crippen LogP) is 5.35. The van der Waals surface area contributed by atoms with Crippen molar-refractivity contribution in [2.75, 3.05) is 7.11 Å². The van der Waals surface area contributed by atoms with Crippen LogP contribution in [0.15, 0.2) is 66.4 Å². The zero-order valence-electron chi connectivity index (χ0n) is 17.9. The highest BCUT2D eigenvalue weighted by atomic mass is 19.3. The summed E-state index contributed by atoms with van der Waals surface area (Å²) in [5.74, 6) is -0.209. The number of halogens is 2. The highest BCUT2D eigenvalue weighted by Gasteiger charge is 2.38. The van der Waals surface area contributed by atoms with Crippen LogP contribution in [0.3, 0.4) is 0 Å². The number of para-hydroxylation sites is 1. The van der Waals surface area contributed by atoms with Crippen molar-refractivity contribution in [3.05, 3.63) is 88.7 Å². The van der Waals surface area contributed by atoms with Gasteiger partial charge in [0.2, 0.25) is 5.78 Å². The Morgan fingerprint density at radius 3 is 2.65 bits per heavy atom. The average Bonchev–Trinajstić information content (AvgIpc) is 3.13. The molecule has 0 saturated heterocycles. The summed E-state index contributed by atoms with van der Waals surface area (Å²) in [6, 6.07) is 16.4. The molecule has 0 spiro atoms. The lowest BCUT2D eigenvalue weighted by atomic mass is 9.84. The fourth-order valence-corrected chi connectivity index (χ4v) is 4.23. The van der Waals surface area contributed by atoms with Gasteiger partial charge in [-0.15, -0.1) is 0 Å². The highest BCUT2D eigenvalue weighted by molar-refractivity contribution is 6.15. The summed E-state index contributed by atoms with van der Waals surface area (Å²) >= 11 is 0. The molecule has 2 heterocycles. The molecule has 0 aliphatic carbocycles. The Labute approximate surface area is 193 Å². The smallest absolute Gasteiger partial charge is 0.387 e. The van der Waals surface area contributed by atoms with Gasteiger partial charge >= 0.3 is 12.6 Å². The molecule has 2 aliphatic heterocycles. The summed E-state index contributed by atoms with van der Waals surface area (Å²) in [4.78, 5) is 25.4. The summed E-state index contributed by atoms with van der Waals surface area (Å²) in [6.45, 7) is -2.98. The maximum Gasteiger partial charge on any atom is 0.387 e. The molecule has 172 valence electrons. The van der Waals surface area contributed by atoms with Crippen LogP contribution in [-0.4, -0.2) is 25.5 Å². The average molecular weight is 464 g/mol. The number of ketones is 1. The van der Waals surface area contributed by atoms with Crippen molar-refractivity contribution >= 4 is 17.8 Å². The monoisotopic (exact) mass is 464 g/mol. The second-order valence-corrected chi connectivity index (χ2v) is 7.72. The normalized spacial score (nSPS) is 17.8. The van der Waals surface area contributed by atoms with Gasteiger partial charge in [-0.25, -0.2) is 0 Å². The predicted molar refractivity (Wildman–Crippen MR) is 118 cm³/mol. The van der Waals surface area contributed by atoms with Gasteiger partial charge in [0.05, 0.1) is 19.1 Å². The maximum atomic E-state index is 13.1. The summed E-state index contributed by atoms with van der Waals surface area (Å²) < 4.78 is 46.7. The van der Waals surface area contributed by atoms with E-state index in [1.54, 1.807) is 42.5 Å². The number of hydrogen-bond acceptors (Lipinski definition) is 6. The molecule has 1 atom stereocenters. The molecular weight excluding hydrogens is 446 g/mol. The third kappa shape index (κ3) is 3.87. The van der Waals surface area contributed by atoms with Crippen LogP contribution < -0.4 is 18.9 Å². The molecule has 5 rings (SSSR count). The minimum Gasteiger partial charge on any atom is -0.496 e. The van der Waals surface area contributed by atoms with E-state index in [4.69, 9.17) is 14.2 Å². The quantitative estimate of drug-likeness (QED) is 0.288. The number of esters is 1. The Hall–Kier alpha value is -4.20. The molecule has 0 bridgehead atoms. The van der Waals surface area contributed by atoms with E-state index in [1.165, 1.54) is 19.2 Å². The summed E-state index contributed by atoms with van der Waals surface area (Å²) in [5.41, 5.74) is 2.04. The standard InChI is InChI=1S/C26H18F2O6/c1-31-19-8-3-2-5-15(19)12-21-24(30)17-9-10-20-23(25(17)34-21)18(13-22(29)33-20)14-6-4-7-16(11-14)32-26(27)28/h2-12,18,26H,13H2,1H3/b21-12-/t18-/m1/s1. The summed E-state index contributed by atoms with van der Waals surface area (Å²) in [7, 11) is 1.53. The topological polar surface area (TPSA) is 71.1 Å². The van der Waals surface area contributed by atoms with Gasteiger partial charge in [-0.05, 0) is 42.0 Å². The Morgan fingerprint density at radius 2 is 1.85 bits per heavy atom. The molecule has 0 unspecified atom stereocenters. The van der Waals surface area contributed by atoms with Gasteiger partial charge in [-0.2, -0.15) is 8.78 Å². The molecule has 6 nitrogen and oxygen atoms in total. The molecule has 8 heteroatoms. The zero-order chi connectivity index (χ0) is 23.8. The van der Waals surface area contributed by atoms with E-state index < -0.39 is 18.5 Å². The van der Waals surface area contributed by atoms with Crippen LogP contribution in [0.25, 0.3) is 6.08 Å². The number of rotatable bonds is 5. The van der Waals surface area contributed by atoms with Crippen LogP contribution in [0, 0.1) is 0 Å². The summed E-state index contributed by atoms with van der Waals surface area (Å²) in [5, 5.41) is 0. The van der Waals surface area contributed by atoms with Crippen LogP contribution >= 0.6 is 0 Å². The fraction of sp³-hybridized carbons (Fsp3) is 0.154. The molecule has 2 aliphatic rings. The van der Waals surface area contributed by atoms with Crippen molar-refractivity contribution in [3.63, 3.8) is 0 Å². The van der Waals surface area contributed by atoms with E-state index in [0.717, 1.165) is 0 Å². The van der Waals surface area contributed by atoms with Gasteiger partial charge in [0.15, 0.2) is 5.76 Å². The summed E-state index contributed by atoms with van der Waals surface area (Å²) in [6.07, 6.45) is 1.54. The SMILES string of the molecule is COc1ccccc1/C=C1\Oc2c(ccc3c2[C@@H](c2cccc(OC(F)F)c2)CC(=O)O3)C1=O. The number of fused-ring (bicyclic) bond motifs is 3. The Kier molecular flexibility index (Phi) is 5.49. The van der Waals surface area contributed by atoms with Crippen LogP contribution in [0.2, 0.25) is 0 Å². The van der Waals surface area contributed by atoms with Crippen molar-refractivity contribution < 1.29 is 37.3 Å². The van der Waals surface area contributed by atoms with Crippen molar-refractivity contribution in [2.24, 2.45) is 0 Å². The Bertz CT molecular complexity index is 1330. The highest BCUT2D eigenvalue weighted by Crippen LogP contribution is 2.49. The van der Waals surface area contributed by atoms with Crippen molar-refractivity contribution in [1.29, 1.82) is 0 Å². The van der Waals surface area contributed by atoms with Gasteiger partial charge in [0, 0.05) is 17.0 Å². The van der Waals surface area contributed by atoms with Crippen molar-refractivity contribution in [2.45, 2.75) is 19.0 Å². The minimum absolute atomic E-state index is 0.0330. The van der Waals surface area contributed by atoms with E-state index in [9.17, 15) is 18.4 Å². The first-order chi connectivity index (χ1) is 16.4. The number of carbonyl (C=O) groups is 2. The van der Waals surface area contributed by atoms with Crippen LogP contribution in [0.5, 0.6) is 23.0 Å². The fourth-order valence-electron chi connectivity index (χ4n) is 4.23. The third-order valence-electron chi connectivity index (χ3n) is 5.69. The van der Waals surface area contributed by atoms with Gasteiger partial charge < -0.3 is 18.9 Å². The van der Waals surface area contributed by atoms with Gasteiger partial charge in [-0.3, -0.25) is 9.59 Å². The van der Waals surface area contributed by atoms with Crippen LogP contribution in [-0.2, 0) is 4.79 Å². The lowest BCUT2D eigenvalue weighted by Crippen LogP contribution is -2.21. The molecule has 3 aromatic rings. The van der Waals surface area contributed by atoms with Crippen LogP contribution in [0.4, 0.5) is 8.78 Å². The van der Waals surface area contributed by atoms with E-state index >= 15 is 0 Å². The molecule has 0 saturated carbocycles. The van der Waals surface area contributed by atoms with Crippen molar-refractivity contribution in [3.8, 4) is 23.0 Å². The Balaban J connectivity index is 1.59. The number of allylic oxidation sites excluding steroid dienone is 1. The van der Waals surface area contributed by atoms with Crippen molar-refractivity contribution in [1.82, 2.24) is 0 Å². The number of alkyl halides is 2. The van der Waals surface area contributed by atoms with E-state index in [0.29, 0.717) is 28.0 Å². The Morgan fingerprint density at radius 1 is 1.03 bits per heavy atom. The lowest BCUT2D eigenvalue weighted by molar-refractivity contribution is -0.135. The molecular formula is C26H18F2O6. The zero-order valence-corrected chi connectivity index (χ0v) is 17.9. The molecule has 34 heavy (non-hydrogen) atoms. The van der Waals surface area contributed by atoms with Gasteiger partial charge in [-0.1, -0.05) is 30.3 Å². The second kappa shape index (κ2) is 8.62. The first-order valence-corrected chi connectivity index (χ1v) is 10.4.